The molecule has 0 spiro atoms. The van der Waals surface area contributed by atoms with Crippen molar-refractivity contribution in [3.63, 3.8) is 0 Å². The summed E-state index contributed by atoms with van der Waals surface area (Å²) in [5, 5.41) is 12.1. The second kappa shape index (κ2) is 8.60. The molecule has 0 atom stereocenters. The van der Waals surface area contributed by atoms with Gasteiger partial charge in [-0.3, -0.25) is 4.79 Å². The van der Waals surface area contributed by atoms with Gasteiger partial charge in [0.2, 0.25) is 0 Å². The van der Waals surface area contributed by atoms with E-state index in [0.29, 0.717) is 29.9 Å². The Morgan fingerprint density at radius 3 is 2.47 bits per heavy atom. The highest BCUT2D eigenvalue weighted by atomic mass is 16.5. The first-order valence-electron chi connectivity index (χ1n) is 10.3. The summed E-state index contributed by atoms with van der Waals surface area (Å²) in [6, 6.07) is 19.7. The number of fused-ring (bicyclic) bond motifs is 1. The minimum atomic E-state index is -0.673. The largest absolute Gasteiger partial charge is 0.422 e. The molecule has 2 aromatic heterocycles. The first-order valence-corrected chi connectivity index (χ1v) is 10.3. The molecule has 0 bridgehead atoms. The van der Waals surface area contributed by atoms with Crippen molar-refractivity contribution in [2.24, 2.45) is 0 Å². The average molecular weight is 428 g/mol. The van der Waals surface area contributed by atoms with Gasteiger partial charge in [-0.1, -0.05) is 30.3 Å². The molecule has 0 radical (unpaired) electrons. The highest BCUT2D eigenvalue weighted by molar-refractivity contribution is 6.05. The van der Waals surface area contributed by atoms with Gasteiger partial charge in [-0.25, -0.2) is 4.79 Å². The molecule has 5 rings (SSSR count). The highest BCUT2D eigenvalue weighted by Crippen LogP contribution is 2.22. The number of carbonyl (C=O) groups is 1. The molecule has 1 N–H and O–H groups in total. The van der Waals surface area contributed by atoms with Crippen LogP contribution in [-0.4, -0.2) is 42.4 Å². The molecule has 160 valence electrons. The highest BCUT2D eigenvalue weighted by Gasteiger charge is 2.15. The molecule has 8 nitrogen and oxygen atoms in total. The van der Waals surface area contributed by atoms with E-state index in [1.807, 2.05) is 30.3 Å². The molecular weight excluding hydrogens is 408 g/mol. The number of para-hydroxylation sites is 1. The lowest BCUT2D eigenvalue weighted by Gasteiger charge is -2.27. The number of carbonyl (C=O) groups excluding carboxylic acids is 1. The number of hydrogen-bond acceptors (Lipinski definition) is 7. The number of nitrogens with zero attached hydrogens (tertiary/aromatic N) is 3. The molecule has 32 heavy (non-hydrogen) atoms. The first-order chi connectivity index (χ1) is 15.7. The van der Waals surface area contributed by atoms with E-state index in [9.17, 15) is 9.59 Å². The zero-order chi connectivity index (χ0) is 21.9. The Morgan fingerprint density at radius 1 is 0.938 bits per heavy atom. The fourth-order valence-electron chi connectivity index (χ4n) is 3.58. The summed E-state index contributed by atoms with van der Waals surface area (Å²) in [7, 11) is 0. The minimum Gasteiger partial charge on any atom is -0.422 e. The van der Waals surface area contributed by atoms with Crippen LogP contribution >= 0.6 is 0 Å². The zero-order valence-corrected chi connectivity index (χ0v) is 17.2. The van der Waals surface area contributed by atoms with Crippen molar-refractivity contribution in [2.45, 2.75) is 0 Å². The predicted molar refractivity (Wildman–Crippen MR) is 121 cm³/mol. The summed E-state index contributed by atoms with van der Waals surface area (Å²) in [4.78, 5) is 26.9. The SMILES string of the molecule is O=C(Nc1ccc(-c2ccc(N3CCOCC3)nn2)cc1)c1cc2ccccc2oc1=O. The van der Waals surface area contributed by atoms with Crippen molar-refractivity contribution < 1.29 is 13.9 Å². The molecule has 1 saturated heterocycles. The Hall–Kier alpha value is -4.04. The van der Waals surface area contributed by atoms with Crippen molar-refractivity contribution in [1.82, 2.24) is 10.2 Å². The normalized spacial score (nSPS) is 13.8. The quantitative estimate of drug-likeness (QED) is 0.498. The van der Waals surface area contributed by atoms with Crippen LogP contribution in [0.3, 0.4) is 0 Å². The van der Waals surface area contributed by atoms with Gasteiger partial charge in [0.25, 0.3) is 5.91 Å². The number of nitrogens with one attached hydrogen (secondary N) is 1. The van der Waals surface area contributed by atoms with Gasteiger partial charge in [-0.05, 0) is 36.4 Å². The fourth-order valence-corrected chi connectivity index (χ4v) is 3.58. The van der Waals surface area contributed by atoms with Crippen LogP contribution in [0.5, 0.6) is 0 Å². The van der Waals surface area contributed by atoms with Crippen LogP contribution in [-0.2, 0) is 4.74 Å². The van der Waals surface area contributed by atoms with Gasteiger partial charge in [-0.2, -0.15) is 0 Å². The number of rotatable bonds is 4. The number of anilines is 2. The van der Waals surface area contributed by atoms with Crippen LogP contribution in [0.1, 0.15) is 10.4 Å². The van der Waals surface area contributed by atoms with Crippen molar-refractivity contribution in [3.8, 4) is 11.3 Å². The van der Waals surface area contributed by atoms with E-state index in [-0.39, 0.29) is 5.56 Å². The van der Waals surface area contributed by atoms with Crippen LogP contribution in [0.2, 0.25) is 0 Å². The smallest absolute Gasteiger partial charge is 0.349 e. The zero-order valence-electron chi connectivity index (χ0n) is 17.2. The van der Waals surface area contributed by atoms with E-state index in [0.717, 1.165) is 30.2 Å². The van der Waals surface area contributed by atoms with Crippen molar-refractivity contribution in [1.29, 1.82) is 0 Å². The van der Waals surface area contributed by atoms with E-state index in [1.165, 1.54) is 6.07 Å². The summed E-state index contributed by atoms with van der Waals surface area (Å²) in [6.45, 7) is 2.99. The number of aromatic nitrogens is 2. The molecule has 1 fully saturated rings. The first kappa shape index (κ1) is 19.9. The summed E-state index contributed by atoms with van der Waals surface area (Å²) in [5.74, 6) is 0.307. The molecule has 1 aliphatic rings. The van der Waals surface area contributed by atoms with Crippen LogP contribution in [0, 0.1) is 0 Å². The van der Waals surface area contributed by atoms with Crippen LogP contribution < -0.4 is 15.8 Å². The molecule has 0 unspecified atom stereocenters. The predicted octanol–water partition coefficient (Wildman–Crippen LogP) is 3.34. The molecule has 0 saturated carbocycles. The van der Waals surface area contributed by atoms with Crippen molar-refractivity contribution >= 4 is 28.4 Å². The standard InChI is InChI=1S/C24H20N4O4/c29-23(19-15-17-3-1-2-4-21(17)32-24(19)30)25-18-7-5-16(6-8-18)20-9-10-22(27-26-20)28-11-13-31-14-12-28/h1-10,15H,11-14H2,(H,25,29). The lowest BCUT2D eigenvalue weighted by Crippen LogP contribution is -2.36. The van der Waals surface area contributed by atoms with Gasteiger partial charge in [0.15, 0.2) is 5.82 Å². The van der Waals surface area contributed by atoms with Gasteiger partial charge in [-0.15, -0.1) is 10.2 Å². The summed E-state index contributed by atoms with van der Waals surface area (Å²) in [6.07, 6.45) is 0. The van der Waals surface area contributed by atoms with Gasteiger partial charge >= 0.3 is 5.63 Å². The second-order valence-electron chi connectivity index (χ2n) is 7.39. The number of morpholine rings is 1. The third-order valence-electron chi connectivity index (χ3n) is 5.31. The van der Waals surface area contributed by atoms with Gasteiger partial charge < -0.3 is 19.4 Å². The fraction of sp³-hybridized carbons (Fsp3) is 0.167. The van der Waals surface area contributed by atoms with Gasteiger partial charge in [0.1, 0.15) is 11.1 Å². The third-order valence-corrected chi connectivity index (χ3v) is 5.31. The van der Waals surface area contributed by atoms with E-state index in [4.69, 9.17) is 9.15 Å². The molecular formula is C24H20N4O4. The second-order valence-corrected chi connectivity index (χ2v) is 7.39. The lowest BCUT2D eigenvalue weighted by molar-refractivity contribution is 0.102. The molecule has 3 heterocycles. The third kappa shape index (κ3) is 4.08. The van der Waals surface area contributed by atoms with E-state index in [2.05, 4.69) is 20.4 Å². The minimum absolute atomic E-state index is 0.0441. The van der Waals surface area contributed by atoms with E-state index >= 15 is 0 Å². The van der Waals surface area contributed by atoms with Crippen LogP contribution in [0.4, 0.5) is 11.5 Å². The summed E-state index contributed by atoms with van der Waals surface area (Å²) < 4.78 is 10.6. The van der Waals surface area contributed by atoms with Crippen LogP contribution in [0.15, 0.2) is 75.9 Å². The number of ether oxygens (including phenoxy) is 1. The molecule has 0 aliphatic carbocycles. The maximum absolute atomic E-state index is 12.6. The van der Waals surface area contributed by atoms with Gasteiger partial charge in [0.05, 0.1) is 18.9 Å². The maximum Gasteiger partial charge on any atom is 0.349 e. The van der Waals surface area contributed by atoms with Gasteiger partial charge in [0, 0.05) is 29.7 Å². The molecule has 4 aromatic rings. The molecule has 1 amide bonds. The van der Waals surface area contributed by atoms with Crippen LogP contribution in [0.25, 0.3) is 22.2 Å². The molecule has 2 aromatic carbocycles. The van der Waals surface area contributed by atoms with Crippen molar-refractivity contribution in [3.05, 3.63) is 82.7 Å². The van der Waals surface area contributed by atoms with E-state index in [1.54, 1.807) is 30.3 Å². The Bertz CT molecular complexity index is 1310. The Labute approximate surface area is 183 Å². The number of benzene rings is 2. The lowest BCUT2D eigenvalue weighted by atomic mass is 10.1. The Morgan fingerprint density at radius 2 is 1.72 bits per heavy atom. The summed E-state index contributed by atoms with van der Waals surface area (Å²) >= 11 is 0. The Balaban J connectivity index is 1.30. The van der Waals surface area contributed by atoms with E-state index < -0.39 is 11.5 Å². The molecule has 8 heteroatoms. The number of amides is 1. The maximum atomic E-state index is 12.6. The summed E-state index contributed by atoms with van der Waals surface area (Å²) in [5.41, 5.74) is 1.89. The Kier molecular flexibility index (Phi) is 5.35. The average Bonchev–Trinajstić information content (AvgIpc) is 2.85. The van der Waals surface area contributed by atoms with Crippen molar-refractivity contribution in [2.75, 3.05) is 36.5 Å². The number of hydrogen-bond donors (Lipinski definition) is 1. The topological polar surface area (TPSA) is 97.6 Å². The molecule has 1 aliphatic heterocycles. The monoisotopic (exact) mass is 428 g/mol.